The molecule has 2 N–H and O–H groups in total. The van der Waals surface area contributed by atoms with Gasteiger partial charge in [0.15, 0.2) is 5.78 Å². The van der Waals surface area contributed by atoms with Gasteiger partial charge in [0.1, 0.15) is 0 Å². The Morgan fingerprint density at radius 2 is 1.74 bits per heavy atom. The van der Waals surface area contributed by atoms with Gasteiger partial charge in [0.2, 0.25) is 11.8 Å². The zero-order valence-corrected chi connectivity index (χ0v) is 16.1. The highest BCUT2D eigenvalue weighted by molar-refractivity contribution is 6.06. The summed E-state index contributed by atoms with van der Waals surface area (Å²) in [6, 6.07) is 10.9. The predicted octanol–water partition coefficient (Wildman–Crippen LogP) is 4.13. The van der Waals surface area contributed by atoms with Crippen molar-refractivity contribution in [3.05, 3.63) is 58.7 Å². The standard InChI is InChI=1S/C22H24N2O3/c1-13-5-6-15(11-14(13)2)19(25)9-10-20(26)23-16-7-8-18-17(12-16)22(3,4)21(27)24-18/h5-8,11-12H,9-10H2,1-4H3,(H,23,26)(H,24,27). The fourth-order valence-corrected chi connectivity index (χ4v) is 3.16. The second-order valence-electron chi connectivity index (χ2n) is 7.61. The van der Waals surface area contributed by atoms with Gasteiger partial charge < -0.3 is 10.6 Å². The fourth-order valence-electron chi connectivity index (χ4n) is 3.16. The molecule has 3 rings (SSSR count). The molecular weight excluding hydrogens is 340 g/mol. The molecule has 0 bridgehead atoms. The maximum atomic E-state index is 12.3. The molecule has 0 saturated heterocycles. The number of fused-ring (bicyclic) bond motifs is 1. The molecule has 2 amide bonds. The zero-order chi connectivity index (χ0) is 19.8. The topological polar surface area (TPSA) is 75.3 Å². The summed E-state index contributed by atoms with van der Waals surface area (Å²) in [5.41, 5.74) is 4.46. The molecule has 1 aliphatic heterocycles. The Hall–Kier alpha value is -2.95. The first-order valence-corrected chi connectivity index (χ1v) is 9.05. The van der Waals surface area contributed by atoms with Crippen LogP contribution in [0.2, 0.25) is 0 Å². The number of aryl methyl sites for hydroxylation is 2. The van der Waals surface area contributed by atoms with Crippen LogP contribution in [0.5, 0.6) is 0 Å². The monoisotopic (exact) mass is 364 g/mol. The normalized spacial score (nSPS) is 14.4. The van der Waals surface area contributed by atoms with Gasteiger partial charge in [-0.05, 0) is 68.7 Å². The van der Waals surface area contributed by atoms with Crippen LogP contribution in [0, 0.1) is 13.8 Å². The Morgan fingerprint density at radius 1 is 1.00 bits per heavy atom. The number of ketones is 1. The molecule has 0 spiro atoms. The van der Waals surface area contributed by atoms with Crippen LogP contribution in [0.15, 0.2) is 36.4 Å². The van der Waals surface area contributed by atoms with Crippen molar-refractivity contribution in [2.75, 3.05) is 10.6 Å². The first-order chi connectivity index (χ1) is 12.7. The minimum atomic E-state index is -0.630. The van der Waals surface area contributed by atoms with Crippen LogP contribution >= 0.6 is 0 Å². The van der Waals surface area contributed by atoms with E-state index in [9.17, 15) is 14.4 Å². The Labute approximate surface area is 159 Å². The Morgan fingerprint density at radius 3 is 2.44 bits per heavy atom. The highest BCUT2D eigenvalue weighted by atomic mass is 16.2. The number of benzene rings is 2. The lowest BCUT2D eigenvalue weighted by atomic mass is 9.86. The minimum Gasteiger partial charge on any atom is -0.326 e. The SMILES string of the molecule is Cc1ccc(C(=O)CCC(=O)Nc2ccc3c(c2)C(C)(C)C(=O)N3)cc1C. The lowest BCUT2D eigenvalue weighted by Crippen LogP contribution is -2.26. The van der Waals surface area contributed by atoms with Crippen LogP contribution < -0.4 is 10.6 Å². The van der Waals surface area contributed by atoms with Gasteiger partial charge in [-0.15, -0.1) is 0 Å². The van der Waals surface area contributed by atoms with Gasteiger partial charge in [0.05, 0.1) is 5.41 Å². The predicted molar refractivity (Wildman–Crippen MR) is 106 cm³/mol. The number of rotatable bonds is 5. The van der Waals surface area contributed by atoms with E-state index < -0.39 is 5.41 Å². The van der Waals surface area contributed by atoms with Crippen LogP contribution in [0.1, 0.15) is 53.7 Å². The molecule has 0 atom stereocenters. The van der Waals surface area contributed by atoms with E-state index in [1.54, 1.807) is 18.2 Å². The molecule has 2 aromatic carbocycles. The van der Waals surface area contributed by atoms with Gasteiger partial charge in [0.25, 0.3) is 0 Å². The van der Waals surface area contributed by atoms with Gasteiger partial charge in [-0.2, -0.15) is 0 Å². The van der Waals surface area contributed by atoms with Crippen LogP contribution in [-0.2, 0) is 15.0 Å². The van der Waals surface area contributed by atoms with Crippen molar-refractivity contribution >= 4 is 29.0 Å². The van der Waals surface area contributed by atoms with Crippen LogP contribution in [0.4, 0.5) is 11.4 Å². The molecule has 2 aromatic rings. The third-order valence-electron chi connectivity index (χ3n) is 5.20. The summed E-state index contributed by atoms with van der Waals surface area (Å²) in [4.78, 5) is 36.6. The van der Waals surface area contributed by atoms with E-state index in [1.807, 2.05) is 45.9 Å². The van der Waals surface area contributed by atoms with Crippen molar-refractivity contribution < 1.29 is 14.4 Å². The van der Waals surface area contributed by atoms with Crippen molar-refractivity contribution in [3.8, 4) is 0 Å². The van der Waals surface area contributed by atoms with Crippen molar-refractivity contribution in [1.82, 2.24) is 0 Å². The number of anilines is 2. The van der Waals surface area contributed by atoms with Crippen LogP contribution in [-0.4, -0.2) is 17.6 Å². The zero-order valence-electron chi connectivity index (χ0n) is 16.1. The highest BCUT2D eigenvalue weighted by Gasteiger charge is 2.38. The van der Waals surface area contributed by atoms with Gasteiger partial charge in [-0.25, -0.2) is 0 Å². The van der Waals surface area contributed by atoms with E-state index in [0.717, 1.165) is 22.4 Å². The number of hydrogen-bond acceptors (Lipinski definition) is 3. The average Bonchev–Trinajstić information content (AvgIpc) is 2.84. The number of carbonyl (C=O) groups is 3. The first kappa shape index (κ1) is 18.8. The molecule has 0 saturated carbocycles. The molecule has 140 valence electrons. The molecule has 5 heteroatoms. The number of nitrogens with one attached hydrogen (secondary N) is 2. The highest BCUT2D eigenvalue weighted by Crippen LogP contribution is 2.38. The van der Waals surface area contributed by atoms with Gasteiger partial charge in [-0.3, -0.25) is 14.4 Å². The smallest absolute Gasteiger partial charge is 0.234 e. The average molecular weight is 364 g/mol. The van der Waals surface area contributed by atoms with Gasteiger partial charge >= 0.3 is 0 Å². The number of carbonyl (C=O) groups excluding carboxylic acids is 3. The lowest BCUT2D eigenvalue weighted by molar-refractivity contribution is -0.119. The largest absolute Gasteiger partial charge is 0.326 e. The summed E-state index contributed by atoms with van der Waals surface area (Å²) in [6.07, 6.45) is 0.272. The van der Waals surface area contributed by atoms with Gasteiger partial charge in [-0.1, -0.05) is 12.1 Å². The molecule has 0 fully saturated rings. The molecule has 0 aromatic heterocycles. The maximum absolute atomic E-state index is 12.3. The molecule has 0 aliphatic carbocycles. The summed E-state index contributed by atoms with van der Waals surface area (Å²) in [5.74, 6) is -0.319. The number of Topliss-reactive ketones (excluding diaryl/α,β-unsaturated/α-hetero) is 1. The number of hydrogen-bond donors (Lipinski definition) is 2. The molecule has 0 radical (unpaired) electrons. The Balaban J connectivity index is 1.62. The summed E-state index contributed by atoms with van der Waals surface area (Å²) in [5, 5.41) is 5.66. The van der Waals surface area contributed by atoms with Crippen molar-refractivity contribution in [2.45, 2.75) is 46.0 Å². The first-order valence-electron chi connectivity index (χ1n) is 9.05. The Bertz CT molecular complexity index is 945. The maximum Gasteiger partial charge on any atom is 0.234 e. The molecule has 27 heavy (non-hydrogen) atoms. The lowest BCUT2D eigenvalue weighted by Gasteiger charge is -2.16. The third-order valence-corrected chi connectivity index (χ3v) is 5.20. The molecular formula is C22H24N2O3. The minimum absolute atomic E-state index is 0.0434. The van der Waals surface area contributed by atoms with Crippen molar-refractivity contribution in [2.24, 2.45) is 0 Å². The van der Waals surface area contributed by atoms with Crippen LogP contribution in [0.25, 0.3) is 0 Å². The number of amides is 2. The summed E-state index contributed by atoms with van der Waals surface area (Å²) < 4.78 is 0. The molecule has 1 aliphatic rings. The van der Waals surface area contributed by atoms with E-state index in [2.05, 4.69) is 10.6 Å². The molecule has 1 heterocycles. The Kier molecular flexibility index (Phi) is 4.87. The summed E-state index contributed by atoms with van der Waals surface area (Å²) in [6.45, 7) is 7.66. The fraction of sp³-hybridized carbons (Fsp3) is 0.318. The summed E-state index contributed by atoms with van der Waals surface area (Å²) >= 11 is 0. The second kappa shape index (κ2) is 6.99. The van der Waals surface area contributed by atoms with E-state index in [4.69, 9.17) is 0 Å². The molecule has 5 nitrogen and oxygen atoms in total. The van der Waals surface area contributed by atoms with Crippen molar-refractivity contribution in [3.63, 3.8) is 0 Å². The van der Waals surface area contributed by atoms with E-state index in [-0.39, 0.29) is 30.4 Å². The third kappa shape index (κ3) is 3.77. The quantitative estimate of drug-likeness (QED) is 0.783. The van der Waals surface area contributed by atoms with Crippen LogP contribution in [0.3, 0.4) is 0 Å². The van der Waals surface area contributed by atoms with E-state index in [1.165, 1.54) is 0 Å². The van der Waals surface area contributed by atoms with E-state index >= 15 is 0 Å². The summed E-state index contributed by atoms with van der Waals surface area (Å²) in [7, 11) is 0. The van der Waals surface area contributed by atoms with Gasteiger partial charge in [0, 0.05) is 29.8 Å². The molecule has 0 unspecified atom stereocenters. The second-order valence-corrected chi connectivity index (χ2v) is 7.61. The van der Waals surface area contributed by atoms with Crippen molar-refractivity contribution in [1.29, 1.82) is 0 Å². The van der Waals surface area contributed by atoms with E-state index in [0.29, 0.717) is 11.3 Å².